The second-order valence-electron chi connectivity index (χ2n) is 8.21. The Labute approximate surface area is 184 Å². The molecule has 32 heavy (non-hydrogen) atoms. The molecule has 10 heteroatoms. The number of carbonyl (C=O) groups is 2. The van der Waals surface area contributed by atoms with Gasteiger partial charge in [-0.05, 0) is 49.8 Å². The number of amides is 1. The number of hydrogen-bond donors (Lipinski definition) is 1. The van der Waals surface area contributed by atoms with Crippen LogP contribution in [-0.4, -0.2) is 64.9 Å². The monoisotopic (exact) mass is 456 g/mol. The van der Waals surface area contributed by atoms with Crippen molar-refractivity contribution in [2.24, 2.45) is 5.92 Å². The minimum absolute atomic E-state index is 0.177. The van der Waals surface area contributed by atoms with Gasteiger partial charge in [-0.2, -0.15) is 13.2 Å². The maximum absolute atomic E-state index is 12.6. The van der Waals surface area contributed by atoms with Crippen LogP contribution in [-0.2, 0) is 25.7 Å². The van der Waals surface area contributed by atoms with Crippen LogP contribution in [0, 0.1) is 5.92 Å². The van der Waals surface area contributed by atoms with Crippen molar-refractivity contribution >= 4 is 11.9 Å². The maximum Gasteiger partial charge on any atom is 0.490 e. The van der Waals surface area contributed by atoms with Gasteiger partial charge in [0.25, 0.3) is 0 Å². The third kappa shape index (κ3) is 6.07. The summed E-state index contributed by atoms with van der Waals surface area (Å²) in [6.45, 7) is 3.49. The third-order valence-electron chi connectivity index (χ3n) is 5.95. The number of halogens is 3. The maximum atomic E-state index is 12.6. The Morgan fingerprint density at radius 3 is 2.53 bits per heavy atom. The number of aliphatic carboxylic acids is 1. The van der Waals surface area contributed by atoms with Crippen LogP contribution >= 0.6 is 0 Å². The van der Waals surface area contributed by atoms with Crippen molar-refractivity contribution in [1.29, 1.82) is 0 Å². The van der Waals surface area contributed by atoms with Gasteiger partial charge in [0, 0.05) is 30.5 Å². The largest absolute Gasteiger partial charge is 0.490 e. The van der Waals surface area contributed by atoms with Gasteiger partial charge in [0.05, 0.1) is 26.3 Å². The molecule has 0 bridgehead atoms. The van der Waals surface area contributed by atoms with Crippen LogP contribution < -0.4 is 0 Å². The van der Waals surface area contributed by atoms with Crippen LogP contribution in [0.5, 0.6) is 0 Å². The van der Waals surface area contributed by atoms with E-state index in [2.05, 4.69) is 11.1 Å². The number of allylic oxidation sites excluding steroid dienone is 1. The number of nitrogens with zero attached hydrogens (tertiary/aromatic N) is 2. The molecule has 1 unspecified atom stereocenters. The molecule has 3 heterocycles. The molecule has 0 aromatic carbocycles. The van der Waals surface area contributed by atoms with Crippen LogP contribution in [0.4, 0.5) is 13.2 Å². The summed E-state index contributed by atoms with van der Waals surface area (Å²) in [7, 11) is 0. The highest BCUT2D eigenvalue weighted by Crippen LogP contribution is 2.41. The number of carboxylic acid groups (broad SMARTS) is 1. The number of hydrogen-bond acceptors (Lipinski definition) is 5. The number of rotatable bonds is 5. The molecule has 2 aliphatic heterocycles. The van der Waals surface area contributed by atoms with Crippen LogP contribution in [0.1, 0.15) is 37.7 Å². The molecule has 1 N–H and O–H groups in total. The first-order valence-corrected chi connectivity index (χ1v) is 10.6. The van der Waals surface area contributed by atoms with E-state index < -0.39 is 12.1 Å². The highest BCUT2D eigenvalue weighted by Gasteiger charge is 2.54. The molecule has 1 spiro atoms. The zero-order valence-electron chi connectivity index (χ0n) is 17.6. The Bertz CT molecular complexity index is 823. The summed E-state index contributed by atoms with van der Waals surface area (Å²) in [5.41, 5.74) is 1.96. The average molecular weight is 456 g/mol. The fraction of sp³-hybridized carbons (Fsp3) is 0.591. The Kier molecular flexibility index (Phi) is 7.89. The predicted molar refractivity (Wildman–Crippen MR) is 108 cm³/mol. The molecule has 0 radical (unpaired) electrons. The zero-order chi connectivity index (χ0) is 23.2. The van der Waals surface area contributed by atoms with E-state index in [1.807, 2.05) is 17.0 Å². The number of pyridine rings is 1. The summed E-state index contributed by atoms with van der Waals surface area (Å²) >= 11 is 0. The molecule has 4 rings (SSSR count). The zero-order valence-corrected chi connectivity index (χ0v) is 17.6. The van der Waals surface area contributed by atoms with Crippen molar-refractivity contribution in [3.63, 3.8) is 0 Å². The quantitative estimate of drug-likeness (QED) is 0.731. The number of ether oxygens (including phenoxy) is 2. The van der Waals surface area contributed by atoms with E-state index in [-0.39, 0.29) is 11.5 Å². The Balaban J connectivity index is 0.000000360. The molecule has 1 amide bonds. The van der Waals surface area contributed by atoms with E-state index >= 15 is 0 Å². The molecule has 2 fully saturated rings. The van der Waals surface area contributed by atoms with E-state index in [0.717, 1.165) is 43.4 Å². The second-order valence-corrected chi connectivity index (χ2v) is 8.21. The van der Waals surface area contributed by atoms with Crippen molar-refractivity contribution in [2.45, 2.75) is 50.5 Å². The van der Waals surface area contributed by atoms with E-state index in [9.17, 15) is 18.0 Å². The molecule has 2 saturated heterocycles. The van der Waals surface area contributed by atoms with Gasteiger partial charge >= 0.3 is 12.1 Å². The van der Waals surface area contributed by atoms with Gasteiger partial charge < -0.3 is 19.5 Å². The average Bonchev–Trinajstić information content (AvgIpc) is 3.17. The molecule has 3 aliphatic rings. The molecule has 0 saturated carbocycles. The molecular weight excluding hydrogens is 429 g/mol. The van der Waals surface area contributed by atoms with Crippen molar-refractivity contribution in [1.82, 2.24) is 9.88 Å². The van der Waals surface area contributed by atoms with Crippen molar-refractivity contribution in [2.75, 3.05) is 26.3 Å². The van der Waals surface area contributed by atoms with E-state index in [1.54, 1.807) is 12.4 Å². The lowest BCUT2D eigenvalue weighted by molar-refractivity contribution is -0.192. The number of alkyl halides is 3. The molecule has 7 nitrogen and oxygen atoms in total. The van der Waals surface area contributed by atoms with Gasteiger partial charge in [-0.15, -0.1) is 0 Å². The number of likely N-dealkylation sites (tertiary alicyclic amines) is 1. The lowest BCUT2D eigenvalue weighted by Gasteiger charge is -2.50. The van der Waals surface area contributed by atoms with Gasteiger partial charge in [-0.1, -0.05) is 6.08 Å². The lowest BCUT2D eigenvalue weighted by Crippen LogP contribution is -2.66. The van der Waals surface area contributed by atoms with Crippen molar-refractivity contribution in [3.05, 3.63) is 41.7 Å². The van der Waals surface area contributed by atoms with E-state index in [4.69, 9.17) is 19.4 Å². The summed E-state index contributed by atoms with van der Waals surface area (Å²) in [5.74, 6) is -2.16. The normalized spacial score (nSPS) is 21.9. The second kappa shape index (κ2) is 10.4. The number of carboxylic acids is 1. The first-order valence-electron chi connectivity index (χ1n) is 10.6. The first-order chi connectivity index (χ1) is 15.2. The highest BCUT2D eigenvalue weighted by atomic mass is 19.4. The molecule has 1 atom stereocenters. The summed E-state index contributed by atoms with van der Waals surface area (Å²) in [5, 5.41) is 7.12. The highest BCUT2D eigenvalue weighted by molar-refractivity contribution is 5.94. The minimum Gasteiger partial charge on any atom is -0.475 e. The van der Waals surface area contributed by atoms with Gasteiger partial charge in [0.2, 0.25) is 5.91 Å². The van der Waals surface area contributed by atoms with Gasteiger partial charge in [0.15, 0.2) is 0 Å². The summed E-state index contributed by atoms with van der Waals surface area (Å²) in [4.78, 5) is 27.5. The molecular formula is C22H27F3N2O5. The molecule has 1 aromatic rings. The smallest absolute Gasteiger partial charge is 0.475 e. The summed E-state index contributed by atoms with van der Waals surface area (Å²) in [6.07, 6.45) is 5.95. The fourth-order valence-electron chi connectivity index (χ4n) is 4.15. The van der Waals surface area contributed by atoms with E-state index in [1.165, 1.54) is 6.42 Å². The molecule has 1 aliphatic carbocycles. The molecule has 1 aromatic heterocycles. The minimum atomic E-state index is -5.08. The Hall–Kier alpha value is -2.46. The van der Waals surface area contributed by atoms with Crippen LogP contribution in [0.2, 0.25) is 0 Å². The van der Waals surface area contributed by atoms with Crippen LogP contribution in [0.3, 0.4) is 0 Å². The third-order valence-corrected chi connectivity index (χ3v) is 5.95. The predicted octanol–water partition coefficient (Wildman–Crippen LogP) is 3.35. The first kappa shape index (κ1) is 24.2. The number of aromatic nitrogens is 1. The van der Waals surface area contributed by atoms with Gasteiger partial charge in [-0.3, -0.25) is 9.78 Å². The summed E-state index contributed by atoms with van der Waals surface area (Å²) in [6, 6.07) is 3.95. The summed E-state index contributed by atoms with van der Waals surface area (Å²) < 4.78 is 43.7. The standard InChI is InChI=1S/C20H26N2O3.C2HF3O2/c23-19(17-4-2-1-3-5-17)22-14-20(15-22)18(8-11-25-20)13-24-12-16-6-9-21-10-7-16;3-2(4,5)1(6)7/h4,6-7,9-10,18H,1-3,5,8,11-15H2;(H,6,7). The van der Waals surface area contributed by atoms with Crippen molar-refractivity contribution < 1.29 is 37.3 Å². The molecule has 176 valence electrons. The SMILES string of the molecule is O=C(C1=CCCCC1)N1CC2(C1)OCCC2COCc1ccncc1.O=C(O)C(F)(F)F. The Morgan fingerprint density at radius 2 is 1.94 bits per heavy atom. The van der Waals surface area contributed by atoms with Crippen molar-refractivity contribution in [3.8, 4) is 0 Å². The van der Waals surface area contributed by atoms with Gasteiger partial charge in [-0.25, -0.2) is 4.79 Å². The fourth-order valence-corrected chi connectivity index (χ4v) is 4.15. The number of carbonyl (C=O) groups excluding carboxylic acids is 1. The Morgan fingerprint density at radius 1 is 1.25 bits per heavy atom. The lowest BCUT2D eigenvalue weighted by atomic mass is 9.80. The van der Waals surface area contributed by atoms with Gasteiger partial charge in [0.1, 0.15) is 5.60 Å². The van der Waals surface area contributed by atoms with E-state index in [0.29, 0.717) is 32.2 Å². The van der Waals surface area contributed by atoms with Crippen LogP contribution in [0.25, 0.3) is 0 Å². The topological polar surface area (TPSA) is 89.0 Å². The van der Waals surface area contributed by atoms with Crippen LogP contribution in [0.15, 0.2) is 36.2 Å².